The van der Waals surface area contributed by atoms with Gasteiger partial charge in [0.25, 0.3) is 0 Å². The first-order valence-electron chi connectivity index (χ1n) is 5.68. The number of nitrogens with zero attached hydrogens (tertiary/aromatic N) is 3. The van der Waals surface area contributed by atoms with E-state index in [-0.39, 0.29) is 0 Å². The van der Waals surface area contributed by atoms with Crippen molar-refractivity contribution in [1.82, 2.24) is 19.4 Å². The van der Waals surface area contributed by atoms with Gasteiger partial charge in [-0.1, -0.05) is 0 Å². The molecule has 0 unspecified atom stereocenters. The molecule has 0 amide bonds. The third-order valence-corrected chi connectivity index (χ3v) is 4.11. The van der Waals surface area contributed by atoms with E-state index in [9.17, 15) is 0 Å². The van der Waals surface area contributed by atoms with Gasteiger partial charge in [-0.2, -0.15) is 0 Å². The first-order chi connectivity index (χ1) is 8.84. The van der Waals surface area contributed by atoms with Crippen LogP contribution in [0.2, 0.25) is 0 Å². The molecule has 4 heterocycles. The van der Waals surface area contributed by atoms with E-state index >= 15 is 0 Å². The molecule has 5 heteroatoms. The summed E-state index contributed by atoms with van der Waals surface area (Å²) >= 11 is 1.67. The number of aromatic amines is 1. The van der Waals surface area contributed by atoms with Gasteiger partial charge < -0.3 is 4.98 Å². The molecule has 4 nitrogen and oxygen atoms in total. The van der Waals surface area contributed by atoms with Crippen molar-refractivity contribution in [3.63, 3.8) is 0 Å². The highest BCUT2D eigenvalue weighted by Crippen LogP contribution is 2.30. The van der Waals surface area contributed by atoms with Crippen LogP contribution in [-0.2, 0) is 0 Å². The van der Waals surface area contributed by atoms with Gasteiger partial charge in [-0.25, -0.2) is 9.97 Å². The molecule has 0 bridgehead atoms. The van der Waals surface area contributed by atoms with Crippen LogP contribution in [0.3, 0.4) is 0 Å². The van der Waals surface area contributed by atoms with Crippen LogP contribution in [0.1, 0.15) is 5.69 Å². The third kappa shape index (κ3) is 1.19. The van der Waals surface area contributed by atoms with Crippen LogP contribution in [0.5, 0.6) is 0 Å². The minimum atomic E-state index is 0.912. The van der Waals surface area contributed by atoms with E-state index in [1.807, 2.05) is 24.7 Å². The average Bonchev–Trinajstić information content (AvgIpc) is 3.06. The van der Waals surface area contributed by atoms with Gasteiger partial charge in [-0.05, 0) is 19.1 Å². The number of hydrogen-bond acceptors (Lipinski definition) is 3. The molecule has 0 fully saturated rings. The van der Waals surface area contributed by atoms with Crippen molar-refractivity contribution in [2.75, 3.05) is 0 Å². The van der Waals surface area contributed by atoms with Crippen molar-refractivity contribution >= 4 is 27.3 Å². The largest absolute Gasteiger partial charge is 0.346 e. The van der Waals surface area contributed by atoms with Crippen molar-refractivity contribution in [2.45, 2.75) is 6.92 Å². The van der Waals surface area contributed by atoms with Gasteiger partial charge in [0.15, 0.2) is 4.96 Å². The normalized spacial score (nSPS) is 11.6. The summed E-state index contributed by atoms with van der Waals surface area (Å²) in [7, 11) is 0. The molecule has 0 saturated carbocycles. The highest BCUT2D eigenvalue weighted by atomic mass is 32.1. The van der Waals surface area contributed by atoms with Crippen molar-refractivity contribution in [3.8, 4) is 11.3 Å². The van der Waals surface area contributed by atoms with Crippen molar-refractivity contribution in [3.05, 3.63) is 41.8 Å². The summed E-state index contributed by atoms with van der Waals surface area (Å²) in [4.78, 5) is 12.9. The lowest BCUT2D eigenvalue weighted by molar-refractivity contribution is 1.14. The van der Waals surface area contributed by atoms with Gasteiger partial charge >= 0.3 is 0 Å². The maximum absolute atomic E-state index is 4.46. The van der Waals surface area contributed by atoms with E-state index in [4.69, 9.17) is 0 Å². The molecular weight excluding hydrogens is 244 g/mol. The number of fused-ring (bicyclic) bond motifs is 2. The van der Waals surface area contributed by atoms with Crippen molar-refractivity contribution in [1.29, 1.82) is 0 Å². The molecule has 0 aliphatic carbocycles. The lowest BCUT2D eigenvalue weighted by Gasteiger charge is -2.02. The maximum Gasteiger partial charge on any atom is 0.194 e. The Balaban J connectivity index is 2.13. The molecule has 1 N–H and O–H groups in total. The molecule has 0 saturated heterocycles. The summed E-state index contributed by atoms with van der Waals surface area (Å²) in [5.74, 6) is 0. The Morgan fingerprint density at radius 1 is 1.28 bits per heavy atom. The fourth-order valence-electron chi connectivity index (χ4n) is 2.32. The quantitative estimate of drug-likeness (QED) is 0.566. The first-order valence-corrected chi connectivity index (χ1v) is 6.56. The molecule has 0 aromatic carbocycles. The maximum atomic E-state index is 4.46. The predicted octanol–water partition coefficient (Wildman–Crippen LogP) is 3.25. The number of imidazole rings is 1. The van der Waals surface area contributed by atoms with Crippen LogP contribution in [-0.4, -0.2) is 19.4 Å². The molecule has 4 aromatic heterocycles. The third-order valence-electron chi connectivity index (χ3n) is 3.15. The zero-order chi connectivity index (χ0) is 12.1. The van der Waals surface area contributed by atoms with E-state index < -0.39 is 0 Å². The fourth-order valence-corrected chi connectivity index (χ4v) is 3.17. The molecule has 0 atom stereocenters. The Morgan fingerprint density at radius 3 is 3.17 bits per heavy atom. The number of aryl methyl sites for hydroxylation is 1. The Hall–Kier alpha value is -2.14. The highest BCUT2D eigenvalue weighted by molar-refractivity contribution is 7.15. The molecule has 0 spiro atoms. The van der Waals surface area contributed by atoms with Crippen molar-refractivity contribution < 1.29 is 0 Å². The van der Waals surface area contributed by atoms with Gasteiger partial charge in [0.2, 0.25) is 0 Å². The molecule has 18 heavy (non-hydrogen) atoms. The summed E-state index contributed by atoms with van der Waals surface area (Å²) in [5, 5.41) is 3.26. The topological polar surface area (TPSA) is 46.0 Å². The van der Waals surface area contributed by atoms with Crippen LogP contribution >= 0.6 is 11.3 Å². The molecule has 0 aliphatic heterocycles. The summed E-state index contributed by atoms with van der Waals surface area (Å²) in [5.41, 5.74) is 4.41. The Kier molecular flexibility index (Phi) is 1.87. The first kappa shape index (κ1) is 9.85. The smallest absolute Gasteiger partial charge is 0.194 e. The van der Waals surface area contributed by atoms with Gasteiger partial charge in [0.1, 0.15) is 5.65 Å². The number of thiazole rings is 1. The van der Waals surface area contributed by atoms with Gasteiger partial charge in [0, 0.05) is 34.4 Å². The number of pyridine rings is 1. The van der Waals surface area contributed by atoms with Gasteiger partial charge in [-0.15, -0.1) is 11.3 Å². The number of aromatic nitrogens is 4. The van der Waals surface area contributed by atoms with E-state index in [2.05, 4.69) is 37.7 Å². The number of nitrogens with one attached hydrogen (secondary N) is 1. The van der Waals surface area contributed by atoms with Crippen LogP contribution < -0.4 is 0 Å². The molecule has 88 valence electrons. The monoisotopic (exact) mass is 254 g/mol. The second kappa shape index (κ2) is 3.43. The molecular formula is C13H10N4S. The van der Waals surface area contributed by atoms with Crippen LogP contribution in [0, 0.1) is 6.92 Å². The standard InChI is InChI=1S/C13H10N4S/c1-8-7-18-13-16-6-11(17(8)13)9-2-4-14-12-10(9)3-5-15-12/h2-7H,1H3,(H,14,15). The zero-order valence-electron chi connectivity index (χ0n) is 9.71. The second-order valence-electron chi connectivity index (χ2n) is 4.24. The zero-order valence-corrected chi connectivity index (χ0v) is 10.5. The predicted molar refractivity (Wildman–Crippen MR) is 72.9 cm³/mol. The van der Waals surface area contributed by atoms with Crippen LogP contribution in [0.15, 0.2) is 36.1 Å². The van der Waals surface area contributed by atoms with Gasteiger partial charge in [-0.3, -0.25) is 4.40 Å². The molecule has 0 radical (unpaired) electrons. The van der Waals surface area contributed by atoms with Gasteiger partial charge in [0.05, 0.1) is 11.9 Å². The number of H-pyrrole nitrogens is 1. The van der Waals surface area contributed by atoms with E-state index in [1.54, 1.807) is 11.3 Å². The lowest BCUT2D eigenvalue weighted by atomic mass is 10.1. The van der Waals surface area contributed by atoms with E-state index in [1.165, 1.54) is 5.69 Å². The Morgan fingerprint density at radius 2 is 2.22 bits per heavy atom. The fraction of sp³-hybridized carbons (Fsp3) is 0.0769. The van der Waals surface area contributed by atoms with Crippen LogP contribution in [0.25, 0.3) is 27.3 Å². The average molecular weight is 254 g/mol. The highest BCUT2D eigenvalue weighted by Gasteiger charge is 2.12. The summed E-state index contributed by atoms with van der Waals surface area (Å²) < 4.78 is 2.19. The SMILES string of the molecule is Cc1csc2ncc(-c3ccnc4[nH]ccc34)n12. The molecule has 4 rings (SSSR count). The Bertz CT molecular complexity index is 852. The minimum Gasteiger partial charge on any atom is -0.346 e. The summed E-state index contributed by atoms with van der Waals surface area (Å²) in [6.07, 6.45) is 5.68. The molecule has 0 aliphatic rings. The summed E-state index contributed by atoms with van der Waals surface area (Å²) in [6.45, 7) is 2.10. The number of hydrogen-bond donors (Lipinski definition) is 1. The van der Waals surface area contributed by atoms with E-state index in [0.29, 0.717) is 0 Å². The summed E-state index contributed by atoms with van der Waals surface area (Å²) in [6, 6.07) is 4.09. The van der Waals surface area contributed by atoms with Crippen molar-refractivity contribution in [2.24, 2.45) is 0 Å². The number of rotatable bonds is 1. The minimum absolute atomic E-state index is 0.912. The van der Waals surface area contributed by atoms with E-state index in [0.717, 1.165) is 27.3 Å². The lowest BCUT2D eigenvalue weighted by Crippen LogP contribution is -1.89. The van der Waals surface area contributed by atoms with Crippen LogP contribution in [0.4, 0.5) is 0 Å². The molecule has 4 aromatic rings. The second-order valence-corrected chi connectivity index (χ2v) is 5.07. The Labute approximate surface area is 107 Å².